The third kappa shape index (κ3) is 5.85. The number of halogens is 1. The van der Waals surface area contributed by atoms with Crippen molar-refractivity contribution in [3.63, 3.8) is 0 Å². The van der Waals surface area contributed by atoms with E-state index in [9.17, 15) is 4.79 Å². The van der Waals surface area contributed by atoms with Crippen molar-refractivity contribution >= 4 is 23.2 Å². The number of unbranched alkanes of at least 4 members (excludes halogenated alkanes) is 1. The Hall–Kier alpha value is -3.06. The van der Waals surface area contributed by atoms with E-state index in [1.54, 1.807) is 36.9 Å². The van der Waals surface area contributed by atoms with Crippen LogP contribution in [-0.4, -0.2) is 34.6 Å². The van der Waals surface area contributed by atoms with Crippen LogP contribution in [0.3, 0.4) is 0 Å². The molecule has 0 radical (unpaired) electrons. The maximum atomic E-state index is 13.1. The molecule has 0 fully saturated rings. The van der Waals surface area contributed by atoms with Crippen LogP contribution in [-0.2, 0) is 5.41 Å². The number of carbonyl (C=O) groups excluding carboxylic acids is 1. The second kappa shape index (κ2) is 10.3. The van der Waals surface area contributed by atoms with Gasteiger partial charge in [-0.1, -0.05) is 50.9 Å². The zero-order chi connectivity index (χ0) is 24.2. The maximum absolute atomic E-state index is 13.1. The van der Waals surface area contributed by atoms with Gasteiger partial charge in [-0.3, -0.25) is 4.79 Å². The monoisotopic (exact) mass is 470 g/mol. The number of benzene rings is 2. The summed E-state index contributed by atoms with van der Waals surface area (Å²) in [4.78, 5) is 13.1. The smallest absolute Gasteiger partial charge is 0.278 e. The summed E-state index contributed by atoms with van der Waals surface area (Å²) in [7, 11) is 1.56. The number of rotatable bonds is 8. The average Bonchev–Trinajstić information content (AvgIpc) is 3.14. The second-order valence-electron chi connectivity index (χ2n) is 8.90. The Morgan fingerprint density at radius 2 is 1.94 bits per heavy atom. The molecule has 8 heteroatoms. The fourth-order valence-electron chi connectivity index (χ4n) is 3.31. The molecule has 1 heterocycles. The van der Waals surface area contributed by atoms with Crippen LogP contribution in [0.5, 0.6) is 11.5 Å². The number of ether oxygens (including phenoxy) is 2. The van der Waals surface area contributed by atoms with Crippen LogP contribution in [0.15, 0.2) is 36.4 Å². The lowest BCUT2D eigenvalue weighted by Gasteiger charge is -2.21. The van der Waals surface area contributed by atoms with Crippen molar-refractivity contribution in [1.29, 1.82) is 0 Å². The second-order valence-corrected chi connectivity index (χ2v) is 9.34. The van der Waals surface area contributed by atoms with Gasteiger partial charge in [-0.15, -0.1) is 5.10 Å². The van der Waals surface area contributed by atoms with Gasteiger partial charge in [-0.05, 0) is 54.7 Å². The standard InChI is InChI=1S/C25H31ClN4O3/c1-7-8-11-33-20-13-17(25(3,4)5)12-19(15-20)27-24(31)23-16(2)30(29-28-23)21-14-18(26)9-10-22(21)32-6/h9-10,12-15H,7-8,11H2,1-6H3,(H,27,31). The van der Waals surface area contributed by atoms with Gasteiger partial charge >= 0.3 is 0 Å². The Morgan fingerprint density at radius 1 is 1.18 bits per heavy atom. The van der Waals surface area contributed by atoms with Crippen molar-refractivity contribution in [3.8, 4) is 17.2 Å². The van der Waals surface area contributed by atoms with Gasteiger partial charge in [0.05, 0.1) is 19.4 Å². The van der Waals surface area contributed by atoms with E-state index < -0.39 is 0 Å². The van der Waals surface area contributed by atoms with E-state index in [1.807, 2.05) is 18.2 Å². The fraction of sp³-hybridized carbons (Fsp3) is 0.400. The highest BCUT2D eigenvalue weighted by molar-refractivity contribution is 6.30. The number of nitrogens with zero attached hydrogens (tertiary/aromatic N) is 3. The first-order valence-corrected chi connectivity index (χ1v) is 11.4. The minimum Gasteiger partial charge on any atom is -0.494 e. The summed E-state index contributed by atoms with van der Waals surface area (Å²) in [5.74, 6) is 0.951. The number of anilines is 1. The van der Waals surface area contributed by atoms with Crippen LogP contribution in [0.25, 0.3) is 5.69 Å². The van der Waals surface area contributed by atoms with E-state index in [4.69, 9.17) is 21.1 Å². The highest BCUT2D eigenvalue weighted by Crippen LogP contribution is 2.31. The zero-order valence-electron chi connectivity index (χ0n) is 20.0. The Morgan fingerprint density at radius 3 is 2.61 bits per heavy atom. The molecule has 0 spiro atoms. The minimum atomic E-state index is -0.356. The molecule has 0 unspecified atom stereocenters. The molecule has 0 saturated heterocycles. The zero-order valence-corrected chi connectivity index (χ0v) is 20.8. The molecular weight excluding hydrogens is 440 g/mol. The molecule has 0 aliphatic rings. The average molecular weight is 471 g/mol. The van der Waals surface area contributed by atoms with Gasteiger partial charge in [0.2, 0.25) is 0 Å². The topological polar surface area (TPSA) is 78.3 Å². The molecule has 1 amide bonds. The summed E-state index contributed by atoms with van der Waals surface area (Å²) in [6.07, 6.45) is 2.02. The summed E-state index contributed by atoms with van der Waals surface area (Å²) in [6, 6.07) is 11.0. The summed E-state index contributed by atoms with van der Waals surface area (Å²) < 4.78 is 12.9. The van der Waals surface area contributed by atoms with Crippen LogP contribution in [0.1, 0.15) is 62.3 Å². The molecule has 0 aliphatic carbocycles. The molecule has 33 heavy (non-hydrogen) atoms. The first-order chi connectivity index (χ1) is 15.6. The van der Waals surface area contributed by atoms with Crippen LogP contribution in [0, 0.1) is 6.92 Å². The van der Waals surface area contributed by atoms with Crippen LogP contribution >= 0.6 is 11.6 Å². The van der Waals surface area contributed by atoms with E-state index in [-0.39, 0.29) is 17.0 Å². The molecule has 3 aromatic rings. The number of amides is 1. The number of hydrogen-bond acceptors (Lipinski definition) is 5. The first kappa shape index (κ1) is 24.6. The van der Waals surface area contributed by atoms with Crippen molar-refractivity contribution in [2.45, 2.75) is 52.9 Å². The lowest BCUT2D eigenvalue weighted by atomic mass is 9.86. The van der Waals surface area contributed by atoms with Gasteiger partial charge in [0.1, 0.15) is 17.2 Å². The Labute approximate surface area is 200 Å². The summed E-state index contributed by atoms with van der Waals surface area (Å²) >= 11 is 6.16. The van der Waals surface area contributed by atoms with E-state index >= 15 is 0 Å². The van der Waals surface area contributed by atoms with Crippen LogP contribution in [0.2, 0.25) is 5.02 Å². The molecule has 0 atom stereocenters. The largest absolute Gasteiger partial charge is 0.494 e. The van der Waals surface area contributed by atoms with E-state index in [0.717, 1.165) is 24.2 Å². The van der Waals surface area contributed by atoms with Crippen molar-refractivity contribution in [1.82, 2.24) is 15.0 Å². The highest BCUT2D eigenvalue weighted by Gasteiger charge is 2.21. The molecular formula is C25H31ClN4O3. The maximum Gasteiger partial charge on any atom is 0.278 e. The normalized spacial score (nSPS) is 11.4. The minimum absolute atomic E-state index is 0.105. The molecule has 1 N–H and O–H groups in total. The quantitative estimate of drug-likeness (QED) is 0.410. The Kier molecular flexibility index (Phi) is 7.64. The molecule has 3 rings (SSSR count). The molecule has 7 nitrogen and oxygen atoms in total. The molecule has 2 aromatic carbocycles. The van der Waals surface area contributed by atoms with Gasteiger partial charge in [0.15, 0.2) is 5.69 Å². The van der Waals surface area contributed by atoms with E-state index in [0.29, 0.717) is 34.4 Å². The van der Waals surface area contributed by atoms with Crippen molar-refractivity contribution < 1.29 is 14.3 Å². The predicted molar refractivity (Wildman–Crippen MR) is 131 cm³/mol. The lowest BCUT2D eigenvalue weighted by molar-refractivity contribution is 0.102. The highest BCUT2D eigenvalue weighted by atomic mass is 35.5. The molecule has 0 saturated carbocycles. The van der Waals surface area contributed by atoms with Crippen molar-refractivity contribution in [2.75, 3.05) is 19.0 Å². The Balaban J connectivity index is 1.90. The third-order valence-electron chi connectivity index (χ3n) is 5.28. The lowest BCUT2D eigenvalue weighted by Crippen LogP contribution is -2.16. The SMILES string of the molecule is CCCCOc1cc(NC(=O)c2nnn(-c3cc(Cl)ccc3OC)c2C)cc(C(C)(C)C)c1. The fourth-order valence-corrected chi connectivity index (χ4v) is 3.47. The molecule has 0 bridgehead atoms. The number of aromatic nitrogens is 3. The van der Waals surface area contributed by atoms with Gasteiger partial charge in [0, 0.05) is 16.8 Å². The molecule has 176 valence electrons. The van der Waals surface area contributed by atoms with E-state index in [2.05, 4.69) is 43.3 Å². The predicted octanol–water partition coefficient (Wildman–Crippen LogP) is 5.97. The van der Waals surface area contributed by atoms with Crippen LogP contribution < -0.4 is 14.8 Å². The number of nitrogens with one attached hydrogen (secondary N) is 1. The first-order valence-electron chi connectivity index (χ1n) is 11.0. The van der Waals surface area contributed by atoms with Gasteiger partial charge in [0.25, 0.3) is 5.91 Å². The summed E-state index contributed by atoms with van der Waals surface area (Å²) in [6.45, 7) is 10.9. The van der Waals surface area contributed by atoms with Crippen LogP contribution in [0.4, 0.5) is 5.69 Å². The molecule has 0 aliphatic heterocycles. The van der Waals surface area contributed by atoms with Crippen molar-refractivity contribution in [3.05, 3.63) is 58.4 Å². The summed E-state index contributed by atoms with van der Waals surface area (Å²) in [5.41, 5.74) is 3.00. The van der Waals surface area contributed by atoms with Crippen molar-refractivity contribution in [2.24, 2.45) is 0 Å². The van der Waals surface area contributed by atoms with Gasteiger partial charge in [-0.2, -0.15) is 0 Å². The van der Waals surface area contributed by atoms with E-state index in [1.165, 1.54) is 0 Å². The molecule has 1 aromatic heterocycles. The number of hydrogen-bond donors (Lipinski definition) is 1. The van der Waals surface area contributed by atoms with Gasteiger partial charge in [-0.25, -0.2) is 4.68 Å². The third-order valence-corrected chi connectivity index (χ3v) is 5.51. The van der Waals surface area contributed by atoms with Gasteiger partial charge < -0.3 is 14.8 Å². The summed E-state index contributed by atoms with van der Waals surface area (Å²) in [5, 5.41) is 11.8. The number of methoxy groups -OCH3 is 1. The Bertz CT molecular complexity index is 1140. The number of carbonyl (C=O) groups is 1.